The number of piperazine rings is 1. The molecule has 2 rings (SSSR count). The van der Waals surface area contributed by atoms with Gasteiger partial charge >= 0.3 is 5.97 Å². The molecular formula is C17H24N2O4. The minimum absolute atomic E-state index is 0.0926. The Balaban J connectivity index is 1.65. The van der Waals surface area contributed by atoms with Crippen LogP contribution in [-0.2, 0) is 9.59 Å². The van der Waals surface area contributed by atoms with Crippen LogP contribution in [0.1, 0.15) is 18.4 Å². The summed E-state index contributed by atoms with van der Waals surface area (Å²) in [5.41, 5.74) is 1.18. The van der Waals surface area contributed by atoms with Crippen LogP contribution in [0.2, 0.25) is 0 Å². The monoisotopic (exact) mass is 320 g/mol. The fourth-order valence-corrected chi connectivity index (χ4v) is 2.52. The molecule has 0 bridgehead atoms. The second-order valence-electron chi connectivity index (χ2n) is 5.78. The van der Waals surface area contributed by atoms with Crippen LogP contribution < -0.4 is 4.74 Å². The van der Waals surface area contributed by atoms with Gasteiger partial charge in [0.05, 0.1) is 19.4 Å². The first-order valence-electron chi connectivity index (χ1n) is 7.96. The molecule has 23 heavy (non-hydrogen) atoms. The second kappa shape index (κ2) is 8.53. The number of amides is 1. The Hall–Kier alpha value is -2.08. The summed E-state index contributed by atoms with van der Waals surface area (Å²) in [5, 5.41) is 8.69. The van der Waals surface area contributed by atoms with E-state index >= 15 is 0 Å². The third-order valence-electron chi connectivity index (χ3n) is 3.97. The lowest BCUT2D eigenvalue weighted by Gasteiger charge is -2.34. The SMILES string of the molecule is Cc1ccc(OCCC(=O)N2CCN(CCC(=O)O)CC2)cc1. The average Bonchev–Trinajstić information content (AvgIpc) is 2.55. The van der Waals surface area contributed by atoms with Crippen molar-refractivity contribution in [3.63, 3.8) is 0 Å². The van der Waals surface area contributed by atoms with Crippen LogP contribution in [0, 0.1) is 6.92 Å². The molecule has 126 valence electrons. The maximum Gasteiger partial charge on any atom is 0.304 e. The lowest BCUT2D eigenvalue weighted by atomic mass is 10.2. The number of carboxylic acids is 1. The number of benzene rings is 1. The quantitative estimate of drug-likeness (QED) is 0.822. The van der Waals surface area contributed by atoms with Crippen molar-refractivity contribution in [3.8, 4) is 5.75 Å². The number of aryl methyl sites for hydroxylation is 1. The highest BCUT2D eigenvalue weighted by Gasteiger charge is 2.21. The van der Waals surface area contributed by atoms with Gasteiger partial charge in [-0.25, -0.2) is 0 Å². The van der Waals surface area contributed by atoms with Gasteiger partial charge in [0.2, 0.25) is 5.91 Å². The Labute approximate surface area is 136 Å². The van der Waals surface area contributed by atoms with Gasteiger partial charge in [0, 0.05) is 32.7 Å². The van der Waals surface area contributed by atoms with E-state index in [4.69, 9.17) is 9.84 Å². The minimum Gasteiger partial charge on any atom is -0.493 e. The first kappa shape index (κ1) is 17.3. The van der Waals surface area contributed by atoms with Crippen molar-refractivity contribution in [2.75, 3.05) is 39.3 Å². The van der Waals surface area contributed by atoms with Crippen molar-refractivity contribution in [2.24, 2.45) is 0 Å². The Morgan fingerprint density at radius 3 is 2.35 bits per heavy atom. The molecule has 0 radical (unpaired) electrons. The highest BCUT2D eigenvalue weighted by atomic mass is 16.5. The first-order valence-corrected chi connectivity index (χ1v) is 7.96. The zero-order valence-electron chi connectivity index (χ0n) is 13.5. The lowest BCUT2D eigenvalue weighted by molar-refractivity contribution is -0.138. The number of carbonyl (C=O) groups is 2. The molecule has 0 unspecified atom stereocenters. The number of carbonyl (C=O) groups excluding carboxylic acids is 1. The average molecular weight is 320 g/mol. The van der Waals surface area contributed by atoms with E-state index in [0.29, 0.717) is 32.7 Å². The summed E-state index contributed by atoms with van der Waals surface area (Å²) < 4.78 is 5.59. The minimum atomic E-state index is -0.781. The van der Waals surface area contributed by atoms with E-state index in [1.54, 1.807) is 0 Å². The van der Waals surface area contributed by atoms with Crippen molar-refractivity contribution in [1.82, 2.24) is 9.80 Å². The summed E-state index contributed by atoms with van der Waals surface area (Å²) in [4.78, 5) is 26.6. The maximum absolute atomic E-state index is 12.1. The van der Waals surface area contributed by atoms with Gasteiger partial charge in [-0.2, -0.15) is 0 Å². The molecule has 1 amide bonds. The van der Waals surface area contributed by atoms with E-state index in [9.17, 15) is 9.59 Å². The van der Waals surface area contributed by atoms with Crippen LogP contribution in [0.15, 0.2) is 24.3 Å². The molecule has 0 aliphatic carbocycles. The van der Waals surface area contributed by atoms with E-state index in [-0.39, 0.29) is 12.3 Å². The van der Waals surface area contributed by atoms with Gasteiger partial charge in [-0.15, -0.1) is 0 Å². The van der Waals surface area contributed by atoms with Gasteiger partial charge in [0.25, 0.3) is 0 Å². The van der Waals surface area contributed by atoms with E-state index in [2.05, 4.69) is 4.90 Å². The van der Waals surface area contributed by atoms with Crippen molar-refractivity contribution in [2.45, 2.75) is 19.8 Å². The number of aliphatic carboxylic acids is 1. The third-order valence-corrected chi connectivity index (χ3v) is 3.97. The van der Waals surface area contributed by atoms with Gasteiger partial charge in [-0.05, 0) is 19.1 Å². The van der Waals surface area contributed by atoms with E-state index in [1.165, 1.54) is 5.56 Å². The summed E-state index contributed by atoms with van der Waals surface area (Å²) in [5.74, 6) is 0.0913. The molecule has 0 aromatic heterocycles. The van der Waals surface area contributed by atoms with Crippen molar-refractivity contribution >= 4 is 11.9 Å². The smallest absolute Gasteiger partial charge is 0.304 e. The molecule has 0 atom stereocenters. The van der Waals surface area contributed by atoms with Crippen LogP contribution >= 0.6 is 0 Å². The van der Waals surface area contributed by atoms with Crippen LogP contribution in [0.4, 0.5) is 0 Å². The normalized spacial score (nSPS) is 15.4. The molecule has 1 aliphatic rings. The van der Waals surface area contributed by atoms with Gasteiger partial charge in [-0.1, -0.05) is 17.7 Å². The molecular weight excluding hydrogens is 296 g/mol. The van der Waals surface area contributed by atoms with Gasteiger partial charge in [-0.3, -0.25) is 14.5 Å². The highest BCUT2D eigenvalue weighted by molar-refractivity contribution is 5.76. The third kappa shape index (κ3) is 5.90. The molecule has 0 saturated carbocycles. The Morgan fingerprint density at radius 1 is 1.09 bits per heavy atom. The van der Waals surface area contributed by atoms with Gasteiger partial charge in [0.15, 0.2) is 0 Å². The molecule has 0 spiro atoms. The molecule has 1 N–H and O–H groups in total. The Morgan fingerprint density at radius 2 is 1.74 bits per heavy atom. The van der Waals surface area contributed by atoms with Crippen LogP contribution in [0.25, 0.3) is 0 Å². The zero-order chi connectivity index (χ0) is 16.7. The fourth-order valence-electron chi connectivity index (χ4n) is 2.52. The number of rotatable bonds is 7. The van der Waals surface area contributed by atoms with Crippen molar-refractivity contribution < 1.29 is 19.4 Å². The predicted molar refractivity (Wildman–Crippen MR) is 86.6 cm³/mol. The largest absolute Gasteiger partial charge is 0.493 e. The molecule has 1 aromatic carbocycles. The van der Waals surface area contributed by atoms with Crippen molar-refractivity contribution in [1.29, 1.82) is 0 Å². The highest BCUT2D eigenvalue weighted by Crippen LogP contribution is 2.12. The van der Waals surface area contributed by atoms with Crippen LogP contribution in [0.3, 0.4) is 0 Å². The van der Waals surface area contributed by atoms with Crippen LogP contribution in [-0.4, -0.2) is 66.1 Å². The molecule has 1 aliphatic heterocycles. The Bertz CT molecular complexity index is 522. The fraction of sp³-hybridized carbons (Fsp3) is 0.529. The topological polar surface area (TPSA) is 70.1 Å². The van der Waals surface area contributed by atoms with E-state index < -0.39 is 5.97 Å². The molecule has 1 fully saturated rings. The van der Waals surface area contributed by atoms with Crippen molar-refractivity contribution in [3.05, 3.63) is 29.8 Å². The van der Waals surface area contributed by atoms with Gasteiger partial charge < -0.3 is 14.7 Å². The molecule has 6 nitrogen and oxygen atoms in total. The molecule has 6 heteroatoms. The standard InChI is InChI=1S/C17H24N2O4/c1-14-2-4-15(5-3-14)23-13-7-16(20)19-11-9-18(10-12-19)8-6-17(21)22/h2-5H,6-13H2,1H3,(H,21,22). The Kier molecular flexibility index (Phi) is 6.40. The summed E-state index contributed by atoms with van der Waals surface area (Å²) in [6, 6.07) is 7.77. The summed E-state index contributed by atoms with van der Waals surface area (Å²) in [7, 11) is 0. The number of carboxylic acid groups (broad SMARTS) is 1. The lowest BCUT2D eigenvalue weighted by Crippen LogP contribution is -2.49. The summed E-state index contributed by atoms with van der Waals surface area (Å²) in [6.07, 6.45) is 0.515. The number of nitrogens with zero attached hydrogens (tertiary/aromatic N) is 2. The number of hydrogen-bond donors (Lipinski definition) is 1. The molecule has 1 saturated heterocycles. The zero-order valence-corrected chi connectivity index (χ0v) is 13.5. The molecule has 1 heterocycles. The maximum atomic E-state index is 12.1. The van der Waals surface area contributed by atoms with Gasteiger partial charge in [0.1, 0.15) is 5.75 Å². The van der Waals surface area contributed by atoms with E-state index in [1.807, 2.05) is 36.1 Å². The number of hydrogen-bond acceptors (Lipinski definition) is 4. The first-order chi connectivity index (χ1) is 11.0. The van der Waals surface area contributed by atoms with E-state index in [0.717, 1.165) is 18.8 Å². The summed E-state index contributed by atoms with van der Waals surface area (Å²) in [6.45, 7) is 5.72. The van der Waals surface area contributed by atoms with Crippen LogP contribution in [0.5, 0.6) is 5.75 Å². The predicted octanol–water partition coefficient (Wildman–Crippen LogP) is 1.38. The number of ether oxygens (including phenoxy) is 1. The summed E-state index contributed by atoms with van der Waals surface area (Å²) >= 11 is 0. The molecule has 1 aromatic rings. The second-order valence-corrected chi connectivity index (χ2v) is 5.78.